The zero-order valence-corrected chi connectivity index (χ0v) is 11.4. The Balaban J connectivity index is 2.53. The van der Waals surface area contributed by atoms with Crippen molar-refractivity contribution in [3.05, 3.63) is 29.5 Å². The second-order valence-electron chi connectivity index (χ2n) is 3.93. The molecule has 0 amide bonds. The Morgan fingerprint density at radius 1 is 1.15 bits per heavy atom. The van der Waals surface area contributed by atoms with E-state index in [1.165, 1.54) is 27.5 Å². The maximum atomic E-state index is 12.4. The molecule has 2 rings (SSSR count). The Labute approximate surface area is 115 Å². The van der Waals surface area contributed by atoms with E-state index in [9.17, 15) is 4.79 Å². The van der Waals surface area contributed by atoms with Crippen molar-refractivity contribution in [3.8, 4) is 17.2 Å². The van der Waals surface area contributed by atoms with Crippen LogP contribution in [0.5, 0.6) is 17.2 Å². The summed E-state index contributed by atoms with van der Waals surface area (Å²) < 4.78 is 15.6. The van der Waals surface area contributed by atoms with Crippen molar-refractivity contribution in [3.63, 3.8) is 0 Å². The van der Waals surface area contributed by atoms with Crippen molar-refractivity contribution in [2.24, 2.45) is 0 Å². The molecule has 0 bridgehead atoms. The van der Waals surface area contributed by atoms with Gasteiger partial charge < -0.3 is 19.9 Å². The summed E-state index contributed by atoms with van der Waals surface area (Å²) in [6.45, 7) is 0. The third-order valence-electron chi connectivity index (χ3n) is 2.84. The molecule has 3 N–H and O–H groups in total. The molecule has 1 aromatic carbocycles. The SMILES string of the molecule is COc1cc(C(=O)c2c[nH]nc2N)cc(OC)c1OC. The highest BCUT2D eigenvalue weighted by Crippen LogP contribution is 2.38. The molecule has 106 valence electrons. The second kappa shape index (κ2) is 5.52. The predicted octanol–water partition coefficient (Wildman–Crippen LogP) is 1.25. The van der Waals surface area contributed by atoms with Gasteiger partial charge in [-0.1, -0.05) is 0 Å². The highest BCUT2D eigenvalue weighted by Gasteiger charge is 2.20. The zero-order chi connectivity index (χ0) is 14.7. The highest BCUT2D eigenvalue weighted by molar-refractivity contribution is 6.12. The van der Waals surface area contributed by atoms with E-state index < -0.39 is 0 Å². The van der Waals surface area contributed by atoms with Gasteiger partial charge in [0.2, 0.25) is 5.75 Å². The molecule has 0 fully saturated rings. The van der Waals surface area contributed by atoms with Gasteiger partial charge in [-0.3, -0.25) is 9.89 Å². The molecule has 1 aromatic heterocycles. The van der Waals surface area contributed by atoms with E-state index in [-0.39, 0.29) is 11.6 Å². The van der Waals surface area contributed by atoms with Gasteiger partial charge in [0.1, 0.15) is 0 Å². The van der Waals surface area contributed by atoms with E-state index in [4.69, 9.17) is 19.9 Å². The van der Waals surface area contributed by atoms with E-state index in [2.05, 4.69) is 10.2 Å². The van der Waals surface area contributed by atoms with E-state index >= 15 is 0 Å². The number of carbonyl (C=O) groups excluding carboxylic acids is 1. The number of nitrogens with zero attached hydrogens (tertiary/aromatic N) is 1. The number of nitrogens with two attached hydrogens (primary N) is 1. The summed E-state index contributed by atoms with van der Waals surface area (Å²) in [5.41, 5.74) is 6.28. The van der Waals surface area contributed by atoms with Gasteiger partial charge in [0.05, 0.1) is 26.9 Å². The first-order valence-electron chi connectivity index (χ1n) is 5.76. The number of H-pyrrole nitrogens is 1. The van der Waals surface area contributed by atoms with Gasteiger partial charge >= 0.3 is 0 Å². The first kappa shape index (κ1) is 13.7. The van der Waals surface area contributed by atoms with Gasteiger partial charge in [0, 0.05) is 11.8 Å². The molecule has 0 aliphatic carbocycles. The number of hydrogen-bond donors (Lipinski definition) is 2. The summed E-state index contributed by atoms with van der Waals surface area (Å²) in [6, 6.07) is 3.13. The number of aromatic nitrogens is 2. The molecule has 0 unspecified atom stereocenters. The topological polar surface area (TPSA) is 99.5 Å². The summed E-state index contributed by atoms with van der Waals surface area (Å²) >= 11 is 0. The van der Waals surface area contributed by atoms with E-state index in [0.717, 1.165) is 0 Å². The van der Waals surface area contributed by atoms with Gasteiger partial charge in [-0.05, 0) is 12.1 Å². The molecular formula is C13H15N3O4. The van der Waals surface area contributed by atoms with Crippen molar-refractivity contribution in [1.29, 1.82) is 0 Å². The van der Waals surface area contributed by atoms with Crippen molar-refractivity contribution < 1.29 is 19.0 Å². The van der Waals surface area contributed by atoms with Crippen LogP contribution in [0.15, 0.2) is 18.3 Å². The Morgan fingerprint density at radius 3 is 2.15 bits per heavy atom. The minimum absolute atomic E-state index is 0.142. The monoisotopic (exact) mass is 277 g/mol. The molecule has 0 atom stereocenters. The van der Waals surface area contributed by atoms with Crippen molar-refractivity contribution in [2.45, 2.75) is 0 Å². The van der Waals surface area contributed by atoms with Gasteiger partial charge in [-0.15, -0.1) is 0 Å². The third-order valence-corrected chi connectivity index (χ3v) is 2.84. The van der Waals surface area contributed by atoms with Gasteiger partial charge in [-0.2, -0.15) is 5.10 Å². The molecule has 7 heteroatoms. The van der Waals surface area contributed by atoms with Crippen LogP contribution in [0.3, 0.4) is 0 Å². The van der Waals surface area contributed by atoms with Crippen LogP contribution in [0.25, 0.3) is 0 Å². The number of rotatable bonds is 5. The van der Waals surface area contributed by atoms with Crippen molar-refractivity contribution >= 4 is 11.6 Å². The first-order valence-corrected chi connectivity index (χ1v) is 5.76. The number of methoxy groups -OCH3 is 3. The van der Waals surface area contributed by atoms with E-state index in [0.29, 0.717) is 28.4 Å². The highest BCUT2D eigenvalue weighted by atomic mass is 16.5. The lowest BCUT2D eigenvalue weighted by Crippen LogP contribution is -2.05. The maximum Gasteiger partial charge on any atom is 0.203 e. The molecule has 7 nitrogen and oxygen atoms in total. The second-order valence-corrected chi connectivity index (χ2v) is 3.93. The summed E-state index contributed by atoms with van der Waals surface area (Å²) in [5.74, 6) is 1.08. The van der Waals surface area contributed by atoms with Crippen LogP contribution in [0.4, 0.5) is 5.82 Å². The number of carbonyl (C=O) groups is 1. The van der Waals surface area contributed by atoms with Crippen LogP contribution in [-0.4, -0.2) is 37.3 Å². The number of ketones is 1. The lowest BCUT2D eigenvalue weighted by molar-refractivity contribution is 0.103. The summed E-state index contributed by atoms with van der Waals surface area (Å²) in [5, 5.41) is 6.27. The summed E-state index contributed by atoms with van der Waals surface area (Å²) in [7, 11) is 4.46. The smallest absolute Gasteiger partial charge is 0.203 e. The fraction of sp³-hybridized carbons (Fsp3) is 0.231. The molecule has 0 radical (unpaired) electrons. The Hall–Kier alpha value is -2.70. The van der Waals surface area contributed by atoms with Crippen molar-refractivity contribution in [2.75, 3.05) is 27.1 Å². The predicted molar refractivity (Wildman–Crippen MR) is 72.5 cm³/mol. The van der Waals surface area contributed by atoms with Crippen LogP contribution in [-0.2, 0) is 0 Å². The van der Waals surface area contributed by atoms with Gasteiger partial charge in [0.25, 0.3) is 0 Å². The Morgan fingerprint density at radius 2 is 1.75 bits per heavy atom. The van der Waals surface area contributed by atoms with E-state index in [1.807, 2.05) is 0 Å². The number of nitrogen functional groups attached to an aromatic ring is 1. The van der Waals surface area contributed by atoms with Gasteiger partial charge in [-0.25, -0.2) is 0 Å². The fourth-order valence-corrected chi connectivity index (χ4v) is 1.85. The molecule has 20 heavy (non-hydrogen) atoms. The molecule has 0 spiro atoms. The fourth-order valence-electron chi connectivity index (χ4n) is 1.85. The first-order chi connectivity index (χ1) is 9.62. The third kappa shape index (κ3) is 2.25. The number of nitrogens with one attached hydrogen (secondary N) is 1. The van der Waals surface area contributed by atoms with Crippen LogP contribution < -0.4 is 19.9 Å². The molecule has 1 heterocycles. The number of ether oxygens (including phenoxy) is 3. The average molecular weight is 277 g/mol. The summed E-state index contributed by atoms with van der Waals surface area (Å²) in [6.07, 6.45) is 1.45. The quantitative estimate of drug-likeness (QED) is 0.798. The number of anilines is 1. The minimum Gasteiger partial charge on any atom is -0.493 e. The molecule has 0 aliphatic rings. The lowest BCUT2D eigenvalue weighted by Gasteiger charge is -2.13. The molecule has 2 aromatic rings. The molecule has 0 saturated heterocycles. The molecule has 0 aliphatic heterocycles. The normalized spacial score (nSPS) is 10.2. The minimum atomic E-state index is -0.282. The Bertz CT molecular complexity index is 611. The van der Waals surface area contributed by atoms with Crippen LogP contribution >= 0.6 is 0 Å². The van der Waals surface area contributed by atoms with Crippen LogP contribution in [0, 0.1) is 0 Å². The van der Waals surface area contributed by atoms with Crippen LogP contribution in [0.1, 0.15) is 15.9 Å². The average Bonchev–Trinajstić information content (AvgIpc) is 2.90. The Kier molecular flexibility index (Phi) is 3.79. The number of hydrogen-bond acceptors (Lipinski definition) is 6. The maximum absolute atomic E-state index is 12.4. The number of aromatic amines is 1. The largest absolute Gasteiger partial charge is 0.493 e. The number of benzene rings is 1. The summed E-state index contributed by atoms with van der Waals surface area (Å²) in [4.78, 5) is 12.4. The van der Waals surface area contributed by atoms with Crippen LogP contribution in [0.2, 0.25) is 0 Å². The van der Waals surface area contributed by atoms with Crippen molar-refractivity contribution in [1.82, 2.24) is 10.2 Å². The van der Waals surface area contributed by atoms with Gasteiger partial charge in [0.15, 0.2) is 23.1 Å². The van der Waals surface area contributed by atoms with E-state index in [1.54, 1.807) is 12.1 Å². The molecular weight excluding hydrogens is 262 g/mol. The zero-order valence-electron chi connectivity index (χ0n) is 11.4. The standard InChI is InChI=1S/C13H15N3O4/c1-18-9-4-7(5-10(19-2)12(9)20-3)11(17)8-6-15-16-13(8)14/h4-6H,1-3H3,(H3,14,15,16). The lowest BCUT2D eigenvalue weighted by atomic mass is 10.0. The molecule has 0 saturated carbocycles.